The van der Waals surface area contributed by atoms with E-state index in [0.717, 1.165) is 0 Å². The molecule has 0 radical (unpaired) electrons. The third kappa shape index (κ3) is 5.99. The molecule has 2 amide bonds. The van der Waals surface area contributed by atoms with Gasteiger partial charge in [-0.15, -0.1) is 0 Å². The van der Waals surface area contributed by atoms with Crippen molar-refractivity contribution in [3.63, 3.8) is 0 Å². The second kappa shape index (κ2) is 9.53. The summed E-state index contributed by atoms with van der Waals surface area (Å²) in [6.07, 6.45) is -1.88. The molecule has 1 atom stereocenters. The van der Waals surface area contributed by atoms with Gasteiger partial charge in [-0.2, -0.15) is 13.2 Å². The number of hydrogen-bond donors (Lipinski definition) is 1. The average Bonchev–Trinajstić information content (AvgIpc) is 3.36. The lowest BCUT2D eigenvalue weighted by Crippen LogP contribution is -2.49. The molecule has 1 unspecified atom stereocenters. The lowest BCUT2D eigenvalue weighted by Gasteiger charge is -2.28. The van der Waals surface area contributed by atoms with Crippen LogP contribution >= 0.6 is 11.6 Å². The number of carbonyl (C=O) groups is 2. The lowest BCUT2D eigenvalue weighted by molar-refractivity contribution is -0.134. The maximum absolute atomic E-state index is 13.1. The molecule has 1 aliphatic rings. The number of halogens is 4. The van der Waals surface area contributed by atoms with Crippen LogP contribution in [0.25, 0.3) is 0 Å². The van der Waals surface area contributed by atoms with Crippen molar-refractivity contribution in [1.29, 1.82) is 0 Å². The molecule has 1 aliphatic heterocycles. The number of nitrogens with zero attached hydrogens (tertiary/aromatic N) is 2. The predicted molar refractivity (Wildman–Crippen MR) is 105 cm³/mol. The number of carbonyl (C=O) groups excluding carboxylic acids is 2. The average molecular weight is 444 g/mol. The fourth-order valence-corrected chi connectivity index (χ4v) is 3.53. The molecule has 162 valence electrons. The van der Waals surface area contributed by atoms with Crippen molar-refractivity contribution in [2.75, 3.05) is 24.5 Å². The summed E-state index contributed by atoms with van der Waals surface area (Å²) >= 11 is 5.80. The maximum Gasteiger partial charge on any atom is 0.406 e. The Labute approximate surface area is 176 Å². The van der Waals surface area contributed by atoms with E-state index >= 15 is 0 Å². The van der Waals surface area contributed by atoms with E-state index in [9.17, 15) is 22.8 Å². The van der Waals surface area contributed by atoms with Gasteiger partial charge in [0.25, 0.3) is 0 Å². The van der Waals surface area contributed by atoms with Crippen LogP contribution in [0.5, 0.6) is 0 Å². The summed E-state index contributed by atoms with van der Waals surface area (Å²) in [6, 6.07) is 8.42. The highest BCUT2D eigenvalue weighted by atomic mass is 35.5. The monoisotopic (exact) mass is 443 g/mol. The molecule has 1 fully saturated rings. The molecule has 0 aliphatic carbocycles. The molecule has 6 nitrogen and oxygen atoms in total. The van der Waals surface area contributed by atoms with E-state index in [0.29, 0.717) is 35.1 Å². The summed E-state index contributed by atoms with van der Waals surface area (Å²) in [5.74, 6) is -0.436. The zero-order valence-electron chi connectivity index (χ0n) is 16.0. The first kappa shape index (κ1) is 22.2. The maximum atomic E-state index is 13.1. The van der Waals surface area contributed by atoms with E-state index in [4.69, 9.17) is 16.0 Å². The summed E-state index contributed by atoms with van der Waals surface area (Å²) in [5, 5.41) is 3.09. The minimum atomic E-state index is -4.57. The molecule has 0 spiro atoms. The molecule has 0 saturated carbocycles. The van der Waals surface area contributed by atoms with E-state index in [1.54, 1.807) is 17.0 Å². The van der Waals surface area contributed by atoms with E-state index in [1.165, 1.54) is 30.5 Å². The number of hydrogen-bond acceptors (Lipinski definition) is 4. The number of rotatable bonds is 7. The Hall–Kier alpha value is -2.52. The van der Waals surface area contributed by atoms with Crippen molar-refractivity contribution < 1.29 is 27.2 Å². The summed E-state index contributed by atoms with van der Waals surface area (Å²) < 4.78 is 44.4. The van der Waals surface area contributed by atoms with Crippen LogP contribution in [0.3, 0.4) is 0 Å². The van der Waals surface area contributed by atoms with E-state index in [-0.39, 0.29) is 24.7 Å². The largest absolute Gasteiger partial charge is 0.467 e. The first-order valence-corrected chi connectivity index (χ1v) is 9.77. The van der Waals surface area contributed by atoms with Crippen LogP contribution in [-0.4, -0.2) is 48.6 Å². The SMILES string of the molecule is O=C(NCc1ccco1)C1CCCN1CC(=O)N(CC(F)(F)F)c1ccc(Cl)cc1. The Balaban J connectivity index is 1.67. The van der Waals surface area contributed by atoms with Gasteiger partial charge in [-0.25, -0.2) is 0 Å². The van der Waals surface area contributed by atoms with Crippen LogP contribution in [0, 0.1) is 0 Å². The minimum Gasteiger partial charge on any atom is -0.467 e. The quantitative estimate of drug-likeness (QED) is 0.710. The Kier molecular flexibility index (Phi) is 7.04. The van der Waals surface area contributed by atoms with Gasteiger partial charge in [0, 0.05) is 10.7 Å². The van der Waals surface area contributed by atoms with Crippen molar-refractivity contribution in [1.82, 2.24) is 10.2 Å². The van der Waals surface area contributed by atoms with Gasteiger partial charge in [-0.1, -0.05) is 11.6 Å². The van der Waals surface area contributed by atoms with E-state index in [2.05, 4.69) is 5.32 Å². The van der Waals surface area contributed by atoms with Crippen LogP contribution in [-0.2, 0) is 16.1 Å². The van der Waals surface area contributed by atoms with Gasteiger partial charge in [0.05, 0.1) is 25.4 Å². The molecule has 2 heterocycles. The zero-order chi connectivity index (χ0) is 21.7. The van der Waals surface area contributed by atoms with E-state index in [1.807, 2.05) is 0 Å². The molecule has 0 bridgehead atoms. The summed E-state index contributed by atoms with van der Waals surface area (Å²) in [7, 11) is 0. The van der Waals surface area contributed by atoms with Gasteiger partial charge in [-0.3, -0.25) is 14.5 Å². The number of furan rings is 1. The van der Waals surface area contributed by atoms with Gasteiger partial charge < -0.3 is 14.6 Å². The second-order valence-corrected chi connectivity index (χ2v) is 7.43. The summed E-state index contributed by atoms with van der Waals surface area (Å²) in [4.78, 5) is 27.6. The highest BCUT2D eigenvalue weighted by Gasteiger charge is 2.37. The Bertz CT molecular complexity index is 856. The second-order valence-electron chi connectivity index (χ2n) is 7.00. The van der Waals surface area contributed by atoms with Crippen LogP contribution in [0.15, 0.2) is 47.1 Å². The van der Waals surface area contributed by atoms with Crippen molar-refractivity contribution >= 4 is 29.1 Å². The molecule has 3 rings (SSSR count). The zero-order valence-corrected chi connectivity index (χ0v) is 16.7. The number of nitrogens with one attached hydrogen (secondary N) is 1. The third-order valence-corrected chi connectivity index (χ3v) is 5.05. The van der Waals surface area contributed by atoms with Crippen LogP contribution < -0.4 is 10.2 Å². The third-order valence-electron chi connectivity index (χ3n) is 4.80. The topological polar surface area (TPSA) is 65.8 Å². The molecule has 1 aromatic carbocycles. The van der Waals surface area contributed by atoms with Gasteiger partial charge in [0.15, 0.2) is 0 Å². The fraction of sp³-hybridized carbons (Fsp3) is 0.400. The first-order chi connectivity index (χ1) is 14.2. The van der Waals surface area contributed by atoms with Crippen molar-refractivity contribution in [2.24, 2.45) is 0 Å². The van der Waals surface area contributed by atoms with E-state index < -0.39 is 24.7 Å². The highest BCUT2D eigenvalue weighted by Crippen LogP contribution is 2.25. The highest BCUT2D eigenvalue weighted by molar-refractivity contribution is 6.30. The number of likely N-dealkylation sites (tertiary alicyclic amines) is 1. The summed E-state index contributed by atoms with van der Waals surface area (Å²) in [6.45, 7) is -1.06. The van der Waals surface area contributed by atoms with Crippen LogP contribution in [0.1, 0.15) is 18.6 Å². The van der Waals surface area contributed by atoms with Crippen molar-refractivity contribution in [2.45, 2.75) is 31.6 Å². The number of anilines is 1. The Morgan fingerprint density at radius 1 is 1.23 bits per heavy atom. The van der Waals surface area contributed by atoms with Gasteiger partial charge in [-0.05, 0) is 55.8 Å². The Morgan fingerprint density at radius 3 is 2.60 bits per heavy atom. The first-order valence-electron chi connectivity index (χ1n) is 9.40. The van der Waals surface area contributed by atoms with Gasteiger partial charge >= 0.3 is 6.18 Å². The molecular formula is C20H21ClF3N3O3. The van der Waals surface area contributed by atoms with Crippen molar-refractivity contribution in [3.8, 4) is 0 Å². The molecule has 1 aromatic heterocycles. The molecular weight excluding hydrogens is 423 g/mol. The van der Waals surface area contributed by atoms with Gasteiger partial charge in [0.2, 0.25) is 11.8 Å². The Morgan fingerprint density at radius 2 is 1.97 bits per heavy atom. The molecule has 10 heteroatoms. The predicted octanol–water partition coefficient (Wildman–Crippen LogP) is 3.61. The van der Waals surface area contributed by atoms with Crippen LogP contribution in [0.4, 0.5) is 18.9 Å². The molecule has 30 heavy (non-hydrogen) atoms. The van der Waals surface area contributed by atoms with Gasteiger partial charge in [0.1, 0.15) is 12.3 Å². The fourth-order valence-electron chi connectivity index (χ4n) is 3.40. The van der Waals surface area contributed by atoms with Crippen LogP contribution in [0.2, 0.25) is 5.02 Å². The smallest absolute Gasteiger partial charge is 0.406 e. The molecule has 2 aromatic rings. The standard InChI is InChI=1S/C20H21ClF3N3O3/c21-14-5-7-15(8-6-14)27(13-20(22,23)24)18(28)12-26-9-1-4-17(26)19(29)25-11-16-3-2-10-30-16/h2-3,5-8,10,17H,1,4,9,11-13H2,(H,25,29). The number of amides is 2. The number of alkyl halides is 3. The molecule has 1 saturated heterocycles. The van der Waals surface area contributed by atoms with Crippen molar-refractivity contribution in [3.05, 3.63) is 53.4 Å². The minimum absolute atomic E-state index is 0.0970. The lowest BCUT2D eigenvalue weighted by atomic mass is 10.2. The number of benzene rings is 1. The molecule has 1 N–H and O–H groups in total. The summed E-state index contributed by atoms with van der Waals surface area (Å²) in [5.41, 5.74) is 0.0970. The normalized spacial score (nSPS) is 17.1.